The Hall–Kier alpha value is -3.32. The Morgan fingerprint density at radius 3 is 2.08 bits per heavy atom. The number of hydrogen-bond acceptors (Lipinski definition) is 7. The number of ether oxygens (including phenoxy) is 1. The summed E-state index contributed by atoms with van der Waals surface area (Å²) < 4.78 is 33.6. The normalized spacial score (nSPS) is 12.5. The monoisotopic (exact) mass is 532 g/mol. The van der Waals surface area contributed by atoms with E-state index in [-0.39, 0.29) is 31.3 Å². The van der Waals surface area contributed by atoms with Gasteiger partial charge in [0.15, 0.2) is 0 Å². The summed E-state index contributed by atoms with van der Waals surface area (Å²) in [6, 6.07) is 12.4. The van der Waals surface area contributed by atoms with Crippen molar-refractivity contribution in [2.24, 2.45) is 11.5 Å². The fraction of sp³-hybridized carbons (Fsp3) is 0.400. The zero-order valence-electron chi connectivity index (χ0n) is 21.3. The van der Waals surface area contributed by atoms with Gasteiger partial charge < -0.3 is 26.8 Å². The largest absolute Gasteiger partial charge is 0.384 e. The molecule has 202 valence electrons. The van der Waals surface area contributed by atoms with E-state index < -0.39 is 33.5 Å². The number of amidine groups is 1. The van der Waals surface area contributed by atoms with E-state index in [1.165, 1.54) is 0 Å². The molecule has 0 aliphatic heterocycles. The van der Waals surface area contributed by atoms with E-state index in [2.05, 4.69) is 15.4 Å². The zero-order valence-corrected chi connectivity index (χ0v) is 22.2. The average molecular weight is 533 g/mol. The lowest BCUT2D eigenvalue weighted by atomic mass is 10.1. The first kappa shape index (κ1) is 29.9. The summed E-state index contributed by atoms with van der Waals surface area (Å²) in [5.41, 5.74) is 13.2. The average Bonchev–Trinajstić information content (AvgIpc) is 2.83. The van der Waals surface area contributed by atoms with E-state index in [1.807, 2.05) is 0 Å². The summed E-state index contributed by atoms with van der Waals surface area (Å²) in [7, 11) is -3.91. The number of carbonyl (C=O) groups excluding carboxylic acids is 2. The van der Waals surface area contributed by atoms with Crippen molar-refractivity contribution < 1.29 is 22.7 Å². The molecule has 2 aromatic carbocycles. The minimum atomic E-state index is -3.91. The van der Waals surface area contributed by atoms with Crippen LogP contribution in [0.4, 0.5) is 0 Å². The number of benzene rings is 2. The molecule has 0 saturated heterocycles. The van der Waals surface area contributed by atoms with Crippen LogP contribution < -0.4 is 26.8 Å². The topological polar surface area (TPSA) is 189 Å². The standard InChI is InChI=1S/C25H36N6O5S/c1-25(2,3)36-15-21(31-37(34,35)16-19-6-4-17(12-26)5-7-19)24(33)30-14-22(32)29-13-18-8-10-20(11-9-18)23(27)28/h4-11,21,31H,12-16,26H2,1-3H3,(H3,27,28)(H,29,32)(H,30,33)/t21-/m1/s1. The maximum absolute atomic E-state index is 12.8. The molecule has 37 heavy (non-hydrogen) atoms. The first-order chi connectivity index (χ1) is 17.3. The molecule has 0 heterocycles. The number of nitrogens with one attached hydrogen (secondary N) is 4. The van der Waals surface area contributed by atoms with E-state index in [9.17, 15) is 18.0 Å². The molecule has 12 heteroatoms. The van der Waals surface area contributed by atoms with Crippen molar-refractivity contribution in [3.05, 3.63) is 70.8 Å². The lowest BCUT2D eigenvalue weighted by Gasteiger charge is -2.24. The van der Waals surface area contributed by atoms with Crippen LogP contribution in [0, 0.1) is 5.41 Å². The van der Waals surface area contributed by atoms with Gasteiger partial charge in [0.2, 0.25) is 21.8 Å². The van der Waals surface area contributed by atoms with Gasteiger partial charge in [0.25, 0.3) is 0 Å². The highest BCUT2D eigenvalue weighted by Crippen LogP contribution is 2.11. The van der Waals surface area contributed by atoms with E-state index in [1.54, 1.807) is 69.3 Å². The van der Waals surface area contributed by atoms with Crippen LogP contribution in [0.5, 0.6) is 0 Å². The Morgan fingerprint density at radius 1 is 0.973 bits per heavy atom. The van der Waals surface area contributed by atoms with Crippen molar-refractivity contribution in [3.63, 3.8) is 0 Å². The molecule has 2 amide bonds. The lowest BCUT2D eigenvalue weighted by molar-refractivity contribution is -0.129. The third kappa shape index (κ3) is 11.1. The lowest BCUT2D eigenvalue weighted by Crippen LogP contribution is -2.52. The number of nitrogen functional groups attached to an aromatic ring is 1. The molecule has 0 fully saturated rings. The molecule has 8 N–H and O–H groups in total. The number of rotatable bonds is 13. The molecule has 0 bridgehead atoms. The molecule has 0 aliphatic rings. The highest BCUT2D eigenvalue weighted by molar-refractivity contribution is 7.88. The third-order valence-electron chi connectivity index (χ3n) is 5.11. The summed E-state index contributed by atoms with van der Waals surface area (Å²) in [5.74, 6) is -1.53. The molecule has 0 radical (unpaired) electrons. The molecule has 0 aliphatic carbocycles. The number of hydrogen-bond donors (Lipinski definition) is 6. The van der Waals surface area contributed by atoms with Crippen LogP contribution in [-0.4, -0.2) is 50.9 Å². The van der Waals surface area contributed by atoms with Crippen molar-refractivity contribution in [2.45, 2.75) is 51.3 Å². The quantitative estimate of drug-likeness (QED) is 0.159. The van der Waals surface area contributed by atoms with Gasteiger partial charge in [0, 0.05) is 18.7 Å². The van der Waals surface area contributed by atoms with E-state index in [0.29, 0.717) is 17.7 Å². The maximum Gasteiger partial charge on any atom is 0.240 e. The van der Waals surface area contributed by atoms with Crippen LogP contribution in [0.25, 0.3) is 0 Å². The Balaban J connectivity index is 1.96. The van der Waals surface area contributed by atoms with Gasteiger partial charge in [-0.2, -0.15) is 0 Å². The third-order valence-corrected chi connectivity index (χ3v) is 6.47. The second-order valence-corrected chi connectivity index (χ2v) is 11.2. The fourth-order valence-corrected chi connectivity index (χ4v) is 4.43. The van der Waals surface area contributed by atoms with Gasteiger partial charge in [-0.1, -0.05) is 48.5 Å². The van der Waals surface area contributed by atoms with Gasteiger partial charge >= 0.3 is 0 Å². The fourth-order valence-electron chi connectivity index (χ4n) is 3.10. The van der Waals surface area contributed by atoms with Crippen LogP contribution in [-0.2, 0) is 43.2 Å². The molecule has 2 aromatic rings. The van der Waals surface area contributed by atoms with Crippen molar-refractivity contribution >= 4 is 27.7 Å². The second-order valence-electron chi connectivity index (χ2n) is 9.48. The molecule has 0 spiro atoms. The van der Waals surface area contributed by atoms with E-state index in [0.717, 1.165) is 11.1 Å². The second kappa shape index (κ2) is 13.3. The first-order valence-corrected chi connectivity index (χ1v) is 13.3. The summed E-state index contributed by atoms with van der Waals surface area (Å²) in [4.78, 5) is 25.1. The minimum absolute atomic E-state index is 0.0524. The number of nitrogens with two attached hydrogens (primary N) is 2. The van der Waals surface area contributed by atoms with Crippen molar-refractivity contribution in [1.82, 2.24) is 15.4 Å². The van der Waals surface area contributed by atoms with Gasteiger partial charge in [-0.25, -0.2) is 13.1 Å². The molecule has 0 aromatic heterocycles. The van der Waals surface area contributed by atoms with E-state index in [4.69, 9.17) is 21.6 Å². The Morgan fingerprint density at radius 2 is 1.54 bits per heavy atom. The molecule has 2 rings (SSSR count). The highest BCUT2D eigenvalue weighted by atomic mass is 32.2. The van der Waals surface area contributed by atoms with Gasteiger partial charge in [-0.15, -0.1) is 0 Å². The van der Waals surface area contributed by atoms with Crippen LogP contribution in [0.1, 0.15) is 43.0 Å². The molecular weight excluding hydrogens is 496 g/mol. The first-order valence-electron chi connectivity index (χ1n) is 11.7. The number of carbonyl (C=O) groups is 2. The molecule has 1 atom stereocenters. The summed E-state index contributed by atoms with van der Waals surface area (Å²) in [6.45, 7) is 5.34. The Kier molecular flexibility index (Phi) is 10.7. The Bertz CT molecular complexity index is 1180. The SMILES string of the molecule is CC(C)(C)OC[C@@H](NS(=O)(=O)Cc1ccc(CN)cc1)C(=O)NCC(=O)NCc1ccc(C(=N)N)cc1. The minimum Gasteiger partial charge on any atom is -0.384 e. The van der Waals surface area contributed by atoms with E-state index >= 15 is 0 Å². The van der Waals surface area contributed by atoms with Crippen LogP contribution >= 0.6 is 0 Å². The van der Waals surface area contributed by atoms with Crippen molar-refractivity contribution in [2.75, 3.05) is 13.2 Å². The molecule has 0 unspecified atom stereocenters. The zero-order chi connectivity index (χ0) is 27.6. The summed E-state index contributed by atoms with van der Waals surface area (Å²) in [5, 5.41) is 12.5. The molecule has 11 nitrogen and oxygen atoms in total. The molecular formula is C25H36N6O5S. The summed E-state index contributed by atoms with van der Waals surface area (Å²) >= 11 is 0. The number of sulfonamides is 1. The predicted octanol–water partition coefficient (Wildman–Crippen LogP) is 0.465. The maximum atomic E-state index is 12.8. The van der Waals surface area contributed by atoms with Crippen molar-refractivity contribution in [1.29, 1.82) is 5.41 Å². The summed E-state index contributed by atoms with van der Waals surface area (Å²) in [6.07, 6.45) is 0. The van der Waals surface area contributed by atoms with Crippen LogP contribution in [0.3, 0.4) is 0 Å². The Labute approximate surface area is 217 Å². The van der Waals surface area contributed by atoms with Crippen LogP contribution in [0.2, 0.25) is 0 Å². The highest BCUT2D eigenvalue weighted by Gasteiger charge is 2.27. The molecule has 0 saturated carbocycles. The van der Waals surface area contributed by atoms with Gasteiger partial charge in [-0.05, 0) is 37.5 Å². The van der Waals surface area contributed by atoms with Crippen LogP contribution in [0.15, 0.2) is 48.5 Å². The number of amides is 2. The van der Waals surface area contributed by atoms with Crippen molar-refractivity contribution in [3.8, 4) is 0 Å². The van der Waals surface area contributed by atoms with Gasteiger partial charge in [0.05, 0.1) is 24.5 Å². The predicted molar refractivity (Wildman–Crippen MR) is 142 cm³/mol. The van der Waals surface area contributed by atoms with Gasteiger partial charge in [-0.3, -0.25) is 15.0 Å². The van der Waals surface area contributed by atoms with Gasteiger partial charge in [0.1, 0.15) is 11.9 Å². The smallest absolute Gasteiger partial charge is 0.240 e.